The third-order valence-electron chi connectivity index (χ3n) is 4.64. The zero-order valence-corrected chi connectivity index (χ0v) is 16.5. The van der Waals surface area contributed by atoms with Crippen LogP contribution in [-0.4, -0.2) is 24.6 Å². The lowest BCUT2D eigenvalue weighted by atomic mass is 9.98. The molecule has 1 saturated carbocycles. The number of amides is 1. The van der Waals surface area contributed by atoms with Crippen LogP contribution < -0.4 is 15.8 Å². The number of carbonyl (C=O) groups excluding carboxylic acids is 2. The Morgan fingerprint density at radius 1 is 1.14 bits per heavy atom. The van der Waals surface area contributed by atoms with Crippen molar-refractivity contribution >= 4 is 34.9 Å². The molecule has 0 saturated heterocycles. The standard InChI is InChI=1S/C21H22ClFN2O4/c22-16-11-14(7-8-17(16)23)25-20(26)12-28-19-10-13(6-9-18(19)24)21(27)29-15-4-2-1-3-5-15/h6-11,15H,1-5,12,24H2,(H,25,26). The number of esters is 1. The first-order chi connectivity index (χ1) is 13.9. The Bertz CT molecular complexity index is 900. The number of hydrogen-bond acceptors (Lipinski definition) is 5. The quantitative estimate of drug-likeness (QED) is 0.527. The Morgan fingerprint density at radius 2 is 1.90 bits per heavy atom. The normalized spacial score (nSPS) is 14.3. The fraction of sp³-hybridized carbons (Fsp3) is 0.333. The molecule has 6 nitrogen and oxygen atoms in total. The predicted octanol–water partition coefficient (Wildman–Crippen LogP) is 4.57. The summed E-state index contributed by atoms with van der Waals surface area (Å²) in [5.74, 6) is -1.30. The van der Waals surface area contributed by atoms with Crippen molar-refractivity contribution < 1.29 is 23.5 Å². The number of hydrogen-bond donors (Lipinski definition) is 2. The van der Waals surface area contributed by atoms with Gasteiger partial charge in [0.2, 0.25) is 0 Å². The van der Waals surface area contributed by atoms with Crippen molar-refractivity contribution in [2.24, 2.45) is 0 Å². The van der Waals surface area contributed by atoms with Gasteiger partial charge in [0.05, 0.1) is 16.3 Å². The first kappa shape index (κ1) is 20.9. The predicted molar refractivity (Wildman–Crippen MR) is 109 cm³/mol. The van der Waals surface area contributed by atoms with Crippen molar-refractivity contribution in [1.29, 1.82) is 0 Å². The highest BCUT2D eigenvalue weighted by molar-refractivity contribution is 6.31. The third kappa shape index (κ3) is 5.84. The van der Waals surface area contributed by atoms with Gasteiger partial charge in [-0.2, -0.15) is 0 Å². The molecule has 3 rings (SSSR count). The largest absolute Gasteiger partial charge is 0.482 e. The topological polar surface area (TPSA) is 90.7 Å². The third-order valence-corrected chi connectivity index (χ3v) is 4.93. The van der Waals surface area contributed by atoms with Crippen molar-refractivity contribution in [1.82, 2.24) is 0 Å². The first-order valence-corrected chi connectivity index (χ1v) is 9.78. The van der Waals surface area contributed by atoms with Gasteiger partial charge in [-0.3, -0.25) is 4.79 Å². The van der Waals surface area contributed by atoms with E-state index in [0.29, 0.717) is 11.3 Å². The summed E-state index contributed by atoms with van der Waals surface area (Å²) >= 11 is 5.69. The number of anilines is 2. The van der Waals surface area contributed by atoms with Crippen LogP contribution in [0.2, 0.25) is 5.02 Å². The van der Waals surface area contributed by atoms with Gasteiger partial charge >= 0.3 is 5.97 Å². The molecular weight excluding hydrogens is 399 g/mol. The summed E-state index contributed by atoms with van der Waals surface area (Å²) in [7, 11) is 0. The summed E-state index contributed by atoms with van der Waals surface area (Å²) in [6.45, 7) is -0.347. The second-order valence-electron chi connectivity index (χ2n) is 6.88. The molecule has 0 heterocycles. The number of rotatable bonds is 6. The van der Waals surface area contributed by atoms with Gasteiger partial charge < -0.3 is 20.5 Å². The molecule has 1 aliphatic carbocycles. The van der Waals surface area contributed by atoms with Crippen LogP contribution in [-0.2, 0) is 9.53 Å². The van der Waals surface area contributed by atoms with E-state index in [0.717, 1.165) is 31.7 Å². The van der Waals surface area contributed by atoms with Crippen molar-refractivity contribution in [3.05, 3.63) is 52.8 Å². The Labute approximate surface area is 173 Å². The Morgan fingerprint density at radius 3 is 2.62 bits per heavy atom. The molecule has 0 bridgehead atoms. The Balaban J connectivity index is 1.58. The molecule has 3 N–H and O–H groups in total. The van der Waals surface area contributed by atoms with E-state index >= 15 is 0 Å². The summed E-state index contributed by atoms with van der Waals surface area (Å²) in [4.78, 5) is 24.4. The zero-order valence-electron chi connectivity index (χ0n) is 15.8. The molecule has 154 valence electrons. The van der Waals surface area contributed by atoms with Crippen LogP contribution >= 0.6 is 11.6 Å². The van der Waals surface area contributed by atoms with E-state index in [4.69, 9.17) is 26.8 Å². The van der Waals surface area contributed by atoms with Crippen LogP contribution in [0.5, 0.6) is 5.75 Å². The molecule has 1 fully saturated rings. The van der Waals surface area contributed by atoms with Gasteiger partial charge in [-0.15, -0.1) is 0 Å². The van der Waals surface area contributed by atoms with E-state index in [2.05, 4.69) is 5.32 Å². The second-order valence-corrected chi connectivity index (χ2v) is 7.29. The van der Waals surface area contributed by atoms with Gasteiger partial charge in [0.15, 0.2) is 6.61 Å². The van der Waals surface area contributed by atoms with E-state index in [-0.39, 0.29) is 29.2 Å². The highest BCUT2D eigenvalue weighted by Gasteiger charge is 2.19. The molecule has 8 heteroatoms. The Kier molecular flexibility index (Phi) is 6.93. The minimum absolute atomic E-state index is 0.0634. The molecule has 0 atom stereocenters. The van der Waals surface area contributed by atoms with Crippen LogP contribution in [0.25, 0.3) is 0 Å². The van der Waals surface area contributed by atoms with Crippen LogP contribution in [0.3, 0.4) is 0 Å². The first-order valence-electron chi connectivity index (χ1n) is 9.40. The minimum Gasteiger partial charge on any atom is -0.482 e. The van der Waals surface area contributed by atoms with Crippen molar-refractivity contribution in [2.45, 2.75) is 38.2 Å². The van der Waals surface area contributed by atoms with Gasteiger partial charge in [-0.05, 0) is 62.1 Å². The monoisotopic (exact) mass is 420 g/mol. The van der Waals surface area contributed by atoms with Gasteiger partial charge in [-0.25, -0.2) is 9.18 Å². The maximum atomic E-state index is 13.2. The molecule has 1 amide bonds. The number of carbonyl (C=O) groups is 2. The van der Waals surface area contributed by atoms with Gasteiger partial charge in [-0.1, -0.05) is 18.0 Å². The lowest BCUT2D eigenvalue weighted by molar-refractivity contribution is -0.118. The summed E-state index contributed by atoms with van der Waals surface area (Å²) < 4.78 is 24.2. The van der Waals surface area contributed by atoms with E-state index in [1.807, 2.05) is 0 Å². The Hall–Kier alpha value is -2.80. The maximum absolute atomic E-state index is 13.2. The highest BCUT2D eigenvalue weighted by atomic mass is 35.5. The van der Waals surface area contributed by atoms with E-state index in [9.17, 15) is 14.0 Å². The average molecular weight is 421 g/mol. The summed E-state index contributed by atoms with van der Waals surface area (Å²) in [5, 5.41) is 2.44. The average Bonchev–Trinajstić information content (AvgIpc) is 2.71. The fourth-order valence-corrected chi connectivity index (χ4v) is 3.28. The molecular formula is C21H22ClFN2O4. The molecule has 29 heavy (non-hydrogen) atoms. The van der Waals surface area contributed by atoms with E-state index in [1.54, 1.807) is 6.07 Å². The number of nitrogens with one attached hydrogen (secondary N) is 1. The smallest absolute Gasteiger partial charge is 0.338 e. The highest BCUT2D eigenvalue weighted by Crippen LogP contribution is 2.26. The molecule has 0 aromatic heterocycles. The summed E-state index contributed by atoms with van der Waals surface area (Å²) in [6, 6.07) is 8.39. The maximum Gasteiger partial charge on any atom is 0.338 e. The number of nitrogen functional groups attached to an aromatic ring is 1. The molecule has 2 aromatic carbocycles. The summed E-state index contributed by atoms with van der Waals surface area (Å²) in [5.41, 5.74) is 6.82. The lowest BCUT2D eigenvalue weighted by Crippen LogP contribution is -2.22. The molecule has 2 aromatic rings. The fourth-order valence-electron chi connectivity index (χ4n) is 3.10. The number of benzene rings is 2. The van der Waals surface area contributed by atoms with Gasteiger partial charge in [0, 0.05) is 5.69 Å². The zero-order chi connectivity index (χ0) is 20.8. The van der Waals surface area contributed by atoms with Gasteiger partial charge in [0.25, 0.3) is 5.91 Å². The van der Waals surface area contributed by atoms with Gasteiger partial charge in [0.1, 0.15) is 17.7 Å². The van der Waals surface area contributed by atoms with Crippen LogP contribution in [0, 0.1) is 5.82 Å². The van der Waals surface area contributed by atoms with Crippen molar-refractivity contribution in [3.8, 4) is 5.75 Å². The van der Waals surface area contributed by atoms with E-state index < -0.39 is 17.7 Å². The number of ether oxygens (including phenoxy) is 2. The molecule has 1 aliphatic rings. The lowest BCUT2D eigenvalue weighted by Gasteiger charge is -2.22. The second kappa shape index (κ2) is 9.60. The van der Waals surface area contributed by atoms with E-state index in [1.165, 1.54) is 30.7 Å². The molecule has 0 radical (unpaired) electrons. The van der Waals surface area contributed by atoms with Crippen molar-refractivity contribution in [3.63, 3.8) is 0 Å². The number of halogens is 2. The molecule has 0 unspecified atom stereocenters. The SMILES string of the molecule is Nc1ccc(C(=O)OC2CCCCC2)cc1OCC(=O)Nc1ccc(F)c(Cl)c1. The van der Waals surface area contributed by atoms with Crippen LogP contribution in [0.4, 0.5) is 15.8 Å². The molecule has 0 aliphatic heterocycles. The van der Waals surface area contributed by atoms with Crippen LogP contribution in [0.15, 0.2) is 36.4 Å². The number of nitrogens with two attached hydrogens (primary N) is 1. The van der Waals surface area contributed by atoms with Crippen molar-refractivity contribution in [2.75, 3.05) is 17.7 Å². The van der Waals surface area contributed by atoms with Crippen LogP contribution in [0.1, 0.15) is 42.5 Å². The minimum atomic E-state index is -0.578. The molecule has 0 spiro atoms. The summed E-state index contributed by atoms with van der Waals surface area (Å²) in [6.07, 6.45) is 4.96.